The standard InChI is InChI=1S/C14H17NO4/c1-2-19-13(17)6-3-9-7-10-8-11(16)4-5-12(10)15-14(9)18/h4-5,8-9,16H,2-3,6-7H2,1H3,(H,15,18). The lowest BCUT2D eigenvalue weighted by molar-refractivity contribution is -0.143. The van der Waals surface area contributed by atoms with Gasteiger partial charge < -0.3 is 15.2 Å². The monoisotopic (exact) mass is 263 g/mol. The zero-order chi connectivity index (χ0) is 13.8. The second kappa shape index (κ2) is 5.73. The molecule has 5 heteroatoms. The third kappa shape index (κ3) is 3.24. The van der Waals surface area contributed by atoms with E-state index in [-0.39, 0.29) is 30.0 Å². The first-order valence-corrected chi connectivity index (χ1v) is 6.38. The number of phenols is 1. The van der Waals surface area contributed by atoms with Crippen molar-refractivity contribution in [1.82, 2.24) is 0 Å². The molecule has 1 aromatic rings. The smallest absolute Gasteiger partial charge is 0.305 e. The number of nitrogens with one attached hydrogen (secondary N) is 1. The molecule has 0 spiro atoms. The van der Waals surface area contributed by atoms with Crippen LogP contribution in [0.2, 0.25) is 0 Å². The maximum absolute atomic E-state index is 11.9. The van der Waals surface area contributed by atoms with Gasteiger partial charge in [-0.05, 0) is 43.5 Å². The van der Waals surface area contributed by atoms with Crippen molar-refractivity contribution in [3.63, 3.8) is 0 Å². The molecule has 0 fully saturated rings. The Hall–Kier alpha value is -2.04. The minimum atomic E-state index is -0.281. The summed E-state index contributed by atoms with van der Waals surface area (Å²) in [6.45, 7) is 2.11. The Morgan fingerprint density at radius 1 is 1.53 bits per heavy atom. The van der Waals surface area contributed by atoms with E-state index >= 15 is 0 Å². The van der Waals surface area contributed by atoms with Crippen molar-refractivity contribution < 1.29 is 19.4 Å². The maximum Gasteiger partial charge on any atom is 0.305 e. The summed E-state index contributed by atoms with van der Waals surface area (Å²) in [7, 11) is 0. The Kier molecular flexibility index (Phi) is 4.04. The average molecular weight is 263 g/mol. The molecule has 19 heavy (non-hydrogen) atoms. The van der Waals surface area contributed by atoms with Crippen LogP contribution in [0.5, 0.6) is 5.75 Å². The van der Waals surface area contributed by atoms with E-state index < -0.39 is 0 Å². The summed E-state index contributed by atoms with van der Waals surface area (Å²) >= 11 is 0. The van der Waals surface area contributed by atoms with Gasteiger partial charge in [-0.25, -0.2) is 0 Å². The number of amides is 1. The Morgan fingerprint density at radius 2 is 2.32 bits per heavy atom. The molecule has 5 nitrogen and oxygen atoms in total. The quantitative estimate of drug-likeness (QED) is 0.642. The van der Waals surface area contributed by atoms with Gasteiger partial charge in [0.05, 0.1) is 6.61 Å². The van der Waals surface area contributed by atoms with Gasteiger partial charge in [-0.15, -0.1) is 0 Å². The predicted octanol–water partition coefficient (Wildman–Crippen LogP) is 1.85. The largest absolute Gasteiger partial charge is 0.508 e. The number of fused-ring (bicyclic) bond motifs is 1. The molecule has 1 atom stereocenters. The molecule has 102 valence electrons. The molecule has 0 bridgehead atoms. The lowest BCUT2D eigenvalue weighted by atomic mass is 9.89. The Labute approximate surface area is 111 Å². The van der Waals surface area contributed by atoms with Crippen molar-refractivity contribution in [3.05, 3.63) is 23.8 Å². The van der Waals surface area contributed by atoms with E-state index in [2.05, 4.69) is 5.32 Å². The maximum atomic E-state index is 11.9. The second-order valence-corrected chi connectivity index (χ2v) is 4.58. The van der Waals surface area contributed by atoms with Crippen LogP contribution in [0.3, 0.4) is 0 Å². The molecule has 1 aliphatic heterocycles. The van der Waals surface area contributed by atoms with Crippen LogP contribution in [0.1, 0.15) is 25.3 Å². The molecule has 1 heterocycles. The topological polar surface area (TPSA) is 75.6 Å². The number of hydrogen-bond acceptors (Lipinski definition) is 4. The molecule has 0 aromatic heterocycles. The van der Waals surface area contributed by atoms with Gasteiger partial charge in [-0.1, -0.05) is 0 Å². The molecule has 0 saturated heterocycles. The number of hydrogen-bond donors (Lipinski definition) is 2. The second-order valence-electron chi connectivity index (χ2n) is 4.58. The van der Waals surface area contributed by atoms with Crippen LogP contribution in [0.25, 0.3) is 0 Å². The molecular weight excluding hydrogens is 246 g/mol. The van der Waals surface area contributed by atoms with Crippen LogP contribution >= 0.6 is 0 Å². The molecule has 0 aliphatic carbocycles. The Bertz CT molecular complexity index is 498. The Morgan fingerprint density at radius 3 is 3.05 bits per heavy atom. The highest BCUT2D eigenvalue weighted by atomic mass is 16.5. The average Bonchev–Trinajstić information content (AvgIpc) is 2.37. The molecule has 1 aliphatic rings. The fourth-order valence-corrected chi connectivity index (χ4v) is 2.22. The summed E-state index contributed by atoms with van der Waals surface area (Å²) < 4.78 is 4.85. The highest BCUT2D eigenvalue weighted by Gasteiger charge is 2.26. The number of phenolic OH excluding ortho intramolecular Hbond substituents is 1. The van der Waals surface area contributed by atoms with E-state index in [4.69, 9.17) is 4.74 Å². The molecule has 1 amide bonds. The van der Waals surface area contributed by atoms with E-state index in [9.17, 15) is 14.7 Å². The van der Waals surface area contributed by atoms with Gasteiger partial charge in [0.25, 0.3) is 0 Å². The first kappa shape index (κ1) is 13.4. The minimum absolute atomic E-state index is 0.0810. The van der Waals surface area contributed by atoms with E-state index in [1.807, 2.05) is 0 Å². The molecule has 0 saturated carbocycles. The summed E-state index contributed by atoms with van der Waals surface area (Å²) in [6.07, 6.45) is 1.23. The van der Waals surface area contributed by atoms with Crippen molar-refractivity contribution in [2.45, 2.75) is 26.2 Å². The summed E-state index contributed by atoms with van der Waals surface area (Å²) in [6, 6.07) is 4.87. The summed E-state index contributed by atoms with van der Waals surface area (Å²) in [5, 5.41) is 12.2. The zero-order valence-corrected chi connectivity index (χ0v) is 10.8. The first-order valence-electron chi connectivity index (χ1n) is 6.38. The minimum Gasteiger partial charge on any atom is -0.508 e. The first-order chi connectivity index (χ1) is 9.10. The van der Waals surface area contributed by atoms with Gasteiger partial charge in [0, 0.05) is 18.0 Å². The van der Waals surface area contributed by atoms with Crippen LogP contribution in [0.4, 0.5) is 5.69 Å². The number of carbonyl (C=O) groups excluding carboxylic acids is 2. The van der Waals surface area contributed by atoms with Gasteiger partial charge >= 0.3 is 5.97 Å². The third-order valence-corrected chi connectivity index (χ3v) is 3.19. The van der Waals surface area contributed by atoms with Crippen molar-refractivity contribution in [1.29, 1.82) is 0 Å². The fraction of sp³-hybridized carbons (Fsp3) is 0.429. The molecule has 2 rings (SSSR count). The van der Waals surface area contributed by atoms with Gasteiger partial charge in [0.1, 0.15) is 5.75 Å². The van der Waals surface area contributed by atoms with E-state index in [1.54, 1.807) is 19.1 Å². The van der Waals surface area contributed by atoms with Gasteiger partial charge in [0.2, 0.25) is 5.91 Å². The van der Waals surface area contributed by atoms with Crippen LogP contribution < -0.4 is 5.32 Å². The zero-order valence-electron chi connectivity index (χ0n) is 10.8. The Balaban J connectivity index is 2.00. The van der Waals surface area contributed by atoms with Crippen molar-refractivity contribution >= 4 is 17.6 Å². The number of esters is 1. The van der Waals surface area contributed by atoms with Gasteiger partial charge in [0.15, 0.2) is 0 Å². The number of anilines is 1. The lowest BCUT2D eigenvalue weighted by Crippen LogP contribution is -2.30. The third-order valence-electron chi connectivity index (χ3n) is 3.19. The van der Waals surface area contributed by atoms with E-state index in [0.29, 0.717) is 19.4 Å². The summed E-state index contributed by atoms with van der Waals surface area (Å²) in [5.41, 5.74) is 1.63. The van der Waals surface area contributed by atoms with Crippen LogP contribution in [-0.4, -0.2) is 23.6 Å². The van der Waals surface area contributed by atoms with Crippen molar-refractivity contribution in [2.24, 2.45) is 5.92 Å². The summed E-state index contributed by atoms with van der Waals surface area (Å²) in [5.74, 6) is -0.433. The molecular formula is C14H17NO4. The van der Waals surface area contributed by atoms with Crippen LogP contribution in [0, 0.1) is 5.92 Å². The van der Waals surface area contributed by atoms with Crippen molar-refractivity contribution in [2.75, 3.05) is 11.9 Å². The van der Waals surface area contributed by atoms with Crippen LogP contribution in [0.15, 0.2) is 18.2 Å². The molecule has 1 unspecified atom stereocenters. The normalized spacial score (nSPS) is 17.5. The van der Waals surface area contributed by atoms with Gasteiger partial charge in [-0.3, -0.25) is 9.59 Å². The number of ether oxygens (including phenoxy) is 1. The van der Waals surface area contributed by atoms with Crippen LogP contribution in [-0.2, 0) is 20.7 Å². The van der Waals surface area contributed by atoms with Crippen molar-refractivity contribution in [3.8, 4) is 5.75 Å². The summed E-state index contributed by atoms with van der Waals surface area (Å²) in [4.78, 5) is 23.2. The molecule has 0 radical (unpaired) electrons. The lowest BCUT2D eigenvalue weighted by Gasteiger charge is -2.24. The SMILES string of the molecule is CCOC(=O)CCC1Cc2cc(O)ccc2NC1=O. The number of aromatic hydroxyl groups is 1. The fourth-order valence-electron chi connectivity index (χ4n) is 2.22. The highest BCUT2D eigenvalue weighted by Crippen LogP contribution is 2.30. The predicted molar refractivity (Wildman–Crippen MR) is 69.8 cm³/mol. The molecule has 1 aromatic carbocycles. The van der Waals surface area contributed by atoms with Gasteiger partial charge in [-0.2, -0.15) is 0 Å². The van der Waals surface area contributed by atoms with E-state index in [0.717, 1.165) is 11.3 Å². The number of carbonyl (C=O) groups is 2. The van der Waals surface area contributed by atoms with E-state index in [1.165, 1.54) is 6.07 Å². The number of benzene rings is 1. The number of rotatable bonds is 4. The highest BCUT2D eigenvalue weighted by molar-refractivity contribution is 5.96. The molecule has 2 N–H and O–H groups in total.